The third-order valence-electron chi connectivity index (χ3n) is 2.97. The lowest BCUT2D eigenvalue weighted by molar-refractivity contribution is -0.0148. The maximum atomic E-state index is 5.80. The van der Waals surface area contributed by atoms with Crippen LogP contribution in [0.15, 0.2) is 24.3 Å². The second-order valence-corrected chi connectivity index (χ2v) is 6.03. The van der Waals surface area contributed by atoms with Crippen molar-refractivity contribution in [2.75, 3.05) is 6.61 Å². The van der Waals surface area contributed by atoms with Crippen LogP contribution in [0.25, 0.3) is 0 Å². The summed E-state index contributed by atoms with van der Waals surface area (Å²) in [7, 11) is 0. The van der Waals surface area contributed by atoms with Crippen LogP contribution in [0, 0.1) is 0 Å². The van der Waals surface area contributed by atoms with E-state index < -0.39 is 0 Å². The van der Waals surface area contributed by atoms with E-state index in [1.807, 2.05) is 45.0 Å². The highest BCUT2D eigenvalue weighted by molar-refractivity contribution is 5.31. The second kappa shape index (κ2) is 5.90. The van der Waals surface area contributed by atoms with E-state index in [4.69, 9.17) is 15.3 Å². The summed E-state index contributed by atoms with van der Waals surface area (Å²) in [5, 5.41) is 0. The molecule has 0 bridgehead atoms. The molecule has 1 unspecified atom stereocenters. The third kappa shape index (κ3) is 4.82. The first-order valence-corrected chi connectivity index (χ1v) is 6.84. The molecule has 0 spiro atoms. The number of nitrogens with two attached hydrogens (primary N) is 1. The number of hydrazine groups is 1. The standard InChI is InChI=1S/C15H24N2O2/c1-15(2,3)18-10-14(17-16)11-5-4-6-13(9-11)19-12-7-8-12/h4-6,9,12,14,17H,7-8,10,16H2,1-3H3. The fourth-order valence-electron chi connectivity index (χ4n) is 1.76. The highest BCUT2D eigenvalue weighted by Crippen LogP contribution is 2.28. The molecule has 0 radical (unpaired) electrons. The van der Waals surface area contributed by atoms with Gasteiger partial charge in [0.05, 0.1) is 24.4 Å². The summed E-state index contributed by atoms with van der Waals surface area (Å²) in [6.45, 7) is 6.64. The van der Waals surface area contributed by atoms with Crippen LogP contribution in [0.3, 0.4) is 0 Å². The molecule has 0 aromatic heterocycles. The van der Waals surface area contributed by atoms with Gasteiger partial charge in [-0.1, -0.05) is 12.1 Å². The number of hydrogen-bond donors (Lipinski definition) is 2. The van der Waals surface area contributed by atoms with Crippen LogP contribution in [0.5, 0.6) is 5.75 Å². The average molecular weight is 264 g/mol. The second-order valence-electron chi connectivity index (χ2n) is 6.03. The van der Waals surface area contributed by atoms with Crippen LogP contribution in [0.1, 0.15) is 45.2 Å². The van der Waals surface area contributed by atoms with Gasteiger partial charge in [-0.3, -0.25) is 11.3 Å². The van der Waals surface area contributed by atoms with Gasteiger partial charge in [-0.2, -0.15) is 0 Å². The molecule has 1 aliphatic rings. The molecule has 1 atom stereocenters. The van der Waals surface area contributed by atoms with Gasteiger partial charge in [0, 0.05) is 0 Å². The summed E-state index contributed by atoms with van der Waals surface area (Å²) >= 11 is 0. The number of benzene rings is 1. The van der Waals surface area contributed by atoms with Crippen molar-refractivity contribution < 1.29 is 9.47 Å². The molecule has 0 aliphatic heterocycles. The molecule has 4 heteroatoms. The van der Waals surface area contributed by atoms with E-state index in [9.17, 15) is 0 Å². The van der Waals surface area contributed by atoms with Crippen LogP contribution in [0.4, 0.5) is 0 Å². The Morgan fingerprint density at radius 2 is 2.11 bits per heavy atom. The van der Waals surface area contributed by atoms with Crippen molar-refractivity contribution in [2.24, 2.45) is 5.84 Å². The van der Waals surface area contributed by atoms with Crippen LogP contribution in [-0.4, -0.2) is 18.3 Å². The lowest BCUT2D eigenvalue weighted by Gasteiger charge is -2.24. The predicted octanol–water partition coefficient (Wildman–Crippen LogP) is 2.55. The molecule has 1 fully saturated rings. The monoisotopic (exact) mass is 264 g/mol. The lowest BCUT2D eigenvalue weighted by Crippen LogP contribution is -2.34. The summed E-state index contributed by atoms with van der Waals surface area (Å²) in [5.41, 5.74) is 3.72. The lowest BCUT2D eigenvalue weighted by atomic mass is 10.1. The minimum atomic E-state index is -0.169. The molecule has 3 N–H and O–H groups in total. The van der Waals surface area contributed by atoms with Crippen molar-refractivity contribution in [1.29, 1.82) is 0 Å². The first-order valence-electron chi connectivity index (χ1n) is 6.84. The number of rotatable bonds is 6. The van der Waals surface area contributed by atoms with E-state index in [1.165, 1.54) is 0 Å². The van der Waals surface area contributed by atoms with Gasteiger partial charge in [-0.15, -0.1) is 0 Å². The Labute approximate surface area is 115 Å². The summed E-state index contributed by atoms with van der Waals surface area (Å²) in [6, 6.07) is 8.03. The molecule has 1 saturated carbocycles. The summed E-state index contributed by atoms with van der Waals surface area (Å²) < 4.78 is 11.6. The first kappa shape index (κ1) is 14.3. The Kier molecular flexibility index (Phi) is 4.45. The van der Waals surface area contributed by atoms with Gasteiger partial charge < -0.3 is 9.47 Å². The molecule has 106 valence electrons. The van der Waals surface area contributed by atoms with E-state index in [2.05, 4.69) is 5.43 Å². The molecule has 0 amide bonds. The number of hydrogen-bond acceptors (Lipinski definition) is 4. The smallest absolute Gasteiger partial charge is 0.120 e. The molecule has 1 aromatic carbocycles. The Morgan fingerprint density at radius 3 is 2.68 bits per heavy atom. The van der Waals surface area contributed by atoms with E-state index in [0.29, 0.717) is 12.7 Å². The SMILES string of the molecule is CC(C)(C)OCC(NN)c1cccc(OC2CC2)c1. The van der Waals surface area contributed by atoms with Crippen molar-refractivity contribution in [3.8, 4) is 5.75 Å². The van der Waals surface area contributed by atoms with Crippen molar-refractivity contribution in [3.63, 3.8) is 0 Å². The quantitative estimate of drug-likeness (QED) is 0.612. The van der Waals surface area contributed by atoms with Crippen molar-refractivity contribution >= 4 is 0 Å². The van der Waals surface area contributed by atoms with Gasteiger partial charge in [0.25, 0.3) is 0 Å². The number of nitrogens with one attached hydrogen (secondary N) is 1. The zero-order chi connectivity index (χ0) is 13.9. The fraction of sp³-hybridized carbons (Fsp3) is 0.600. The molecule has 2 rings (SSSR count). The van der Waals surface area contributed by atoms with Crippen molar-refractivity contribution in [1.82, 2.24) is 5.43 Å². The van der Waals surface area contributed by atoms with Crippen LogP contribution in [-0.2, 0) is 4.74 Å². The van der Waals surface area contributed by atoms with Gasteiger partial charge in [-0.05, 0) is 51.3 Å². The maximum absolute atomic E-state index is 5.80. The number of ether oxygens (including phenoxy) is 2. The molecule has 1 aliphatic carbocycles. The Hall–Kier alpha value is -1.10. The van der Waals surface area contributed by atoms with Gasteiger partial charge in [0.2, 0.25) is 0 Å². The van der Waals surface area contributed by atoms with E-state index in [0.717, 1.165) is 24.2 Å². The largest absolute Gasteiger partial charge is 0.490 e. The molecule has 4 nitrogen and oxygen atoms in total. The highest BCUT2D eigenvalue weighted by atomic mass is 16.5. The Bertz CT molecular complexity index is 411. The minimum Gasteiger partial charge on any atom is -0.490 e. The Balaban J connectivity index is 2.00. The van der Waals surface area contributed by atoms with Crippen LogP contribution in [0.2, 0.25) is 0 Å². The highest BCUT2D eigenvalue weighted by Gasteiger charge is 2.24. The molecule has 0 heterocycles. The van der Waals surface area contributed by atoms with Crippen molar-refractivity contribution in [2.45, 2.75) is 51.4 Å². The predicted molar refractivity (Wildman–Crippen MR) is 75.9 cm³/mol. The topological polar surface area (TPSA) is 56.5 Å². The van der Waals surface area contributed by atoms with Crippen LogP contribution >= 0.6 is 0 Å². The fourth-order valence-corrected chi connectivity index (χ4v) is 1.76. The van der Waals surface area contributed by atoms with Crippen LogP contribution < -0.4 is 16.0 Å². The van der Waals surface area contributed by atoms with Gasteiger partial charge in [-0.25, -0.2) is 0 Å². The molecule has 19 heavy (non-hydrogen) atoms. The zero-order valence-electron chi connectivity index (χ0n) is 12.0. The minimum absolute atomic E-state index is 0.0259. The molecular weight excluding hydrogens is 240 g/mol. The Morgan fingerprint density at radius 1 is 1.37 bits per heavy atom. The molecule has 0 saturated heterocycles. The van der Waals surface area contributed by atoms with Gasteiger partial charge >= 0.3 is 0 Å². The van der Waals surface area contributed by atoms with Gasteiger partial charge in [0.15, 0.2) is 0 Å². The zero-order valence-corrected chi connectivity index (χ0v) is 12.0. The molecule has 1 aromatic rings. The van der Waals surface area contributed by atoms with E-state index in [-0.39, 0.29) is 11.6 Å². The summed E-state index contributed by atoms with van der Waals surface area (Å²) in [5.74, 6) is 6.54. The third-order valence-corrected chi connectivity index (χ3v) is 2.97. The van der Waals surface area contributed by atoms with Crippen molar-refractivity contribution in [3.05, 3.63) is 29.8 Å². The van der Waals surface area contributed by atoms with E-state index >= 15 is 0 Å². The summed E-state index contributed by atoms with van der Waals surface area (Å²) in [4.78, 5) is 0. The van der Waals surface area contributed by atoms with Gasteiger partial charge in [0.1, 0.15) is 5.75 Å². The summed E-state index contributed by atoms with van der Waals surface area (Å²) in [6.07, 6.45) is 2.73. The average Bonchev–Trinajstić information content (AvgIpc) is 3.13. The van der Waals surface area contributed by atoms with E-state index in [1.54, 1.807) is 0 Å². The normalized spacial score (nSPS) is 17.3. The maximum Gasteiger partial charge on any atom is 0.120 e. The molecular formula is C15H24N2O2. The first-order chi connectivity index (χ1) is 8.98.